The minimum Gasteiger partial charge on any atom is -0.394 e. The molecule has 1 amide bonds. The van der Waals surface area contributed by atoms with Crippen molar-refractivity contribution in [3.63, 3.8) is 0 Å². The number of aliphatic hydroxyl groups is 1. The summed E-state index contributed by atoms with van der Waals surface area (Å²) >= 11 is 1.75. The summed E-state index contributed by atoms with van der Waals surface area (Å²) in [6, 6.07) is 0. The van der Waals surface area contributed by atoms with Gasteiger partial charge in [-0.15, -0.1) is 11.8 Å². The van der Waals surface area contributed by atoms with Gasteiger partial charge in [0.25, 0.3) is 0 Å². The molecule has 1 unspecified atom stereocenters. The Kier molecular flexibility index (Phi) is 6.92. The van der Waals surface area contributed by atoms with Crippen LogP contribution in [-0.2, 0) is 9.53 Å². The number of nitrogens with zero attached hydrogens (tertiary/aromatic N) is 1. The number of thioether (sulfide) groups is 1. The Bertz CT molecular complexity index is 234. The highest BCUT2D eigenvalue weighted by atomic mass is 32.2. The Labute approximate surface area is 108 Å². The van der Waals surface area contributed by atoms with E-state index >= 15 is 0 Å². The summed E-state index contributed by atoms with van der Waals surface area (Å²) in [5.74, 6) is 1.39. The zero-order valence-electron chi connectivity index (χ0n) is 10.7. The molecular formula is C12H23NO3S. The van der Waals surface area contributed by atoms with Crippen molar-refractivity contribution in [2.75, 3.05) is 32.1 Å². The molecule has 0 aliphatic carbocycles. The van der Waals surface area contributed by atoms with Crippen LogP contribution in [0.4, 0.5) is 0 Å². The number of carbonyl (C=O) groups is 1. The number of aliphatic hydroxyl groups excluding tert-OH is 1. The van der Waals surface area contributed by atoms with Gasteiger partial charge in [0.1, 0.15) is 0 Å². The van der Waals surface area contributed by atoms with E-state index in [1.54, 1.807) is 11.8 Å². The smallest absolute Gasteiger partial charge is 0.233 e. The maximum absolute atomic E-state index is 11.8. The molecule has 17 heavy (non-hydrogen) atoms. The van der Waals surface area contributed by atoms with E-state index in [9.17, 15) is 4.79 Å². The molecule has 0 saturated carbocycles. The average molecular weight is 261 g/mol. The molecule has 5 heteroatoms. The molecule has 1 saturated heterocycles. The molecule has 1 heterocycles. The predicted octanol–water partition coefficient (Wildman–Crippen LogP) is 1.33. The lowest BCUT2D eigenvalue weighted by molar-refractivity contribution is -0.129. The largest absolute Gasteiger partial charge is 0.394 e. The van der Waals surface area contributed by atoms with Crippen LogP contribution >= 0.6 is 11.8 Å². The summed E-state index contributed by atoms with van der Waals surface area (Å²) in [5, 5.41) is 8.93. The van der Waals surface area contributed by atoms with Crippen molar-refractivity contribution < 1.29 is 14.6 Å². The van der Waals surface area contributed by atoms with Crippen LogP contribution in [0.5, 0.6) is 0 Å². The van der Waals surface area contributed by atoms with Crippen molar-refractivity contribution in [3.8, 4) is 0 Å². The maximum atomic E-state index is 11.8. The van der Waals surface area contributed by atoms with Crippen LogP contribution in [0.25, 0.3) is 0 Å². The van der Waals surface area contributed by atoms with Crippen LogP contribution in [0.15, 0.2) is 0 Å². The van der Waals surface area contributed by atoms with Gasteiger partial charge in [-0.3, -0.25) is 4.79 Å². The summed E-state index contributed by atoms with van der Waals surface area (Å²) in [4.78, 5) is 13.7. The van der Waals surface area contributed by atoms with Gasteiger partial charge in [0.2, 0.25) is 5.91 Å². The lowest BCUT2D eigenvalue weighted by Crippen LogP contribution is -2.39. The molecule has 1 atom stereocenters. The number of hydrogen-bond acceptors (Lipinski definition) is 4. The van der Waals surface area contributed by atoms with E-state index in [0.717, 1.165) is 12.8 Å². The van der Waals surface area contributed by atoms with Crippen LogP contribution < -0.4 is 0 Å². The number of carbonyl (C=O) groups excluding carboxylic acids is 1. The third kappa shape index (κ3) is 4.16. The van der Waals surface area contributed by atoms with Crippen LogP contribution in [0.3, 0.4) is 0 Å². The van der Waals surface area contributed by atoms with Crippen LogP contribution in [0, 0.1) is 5.92 Å². The third-order valence-electron chi connectivity index (χ3n) is 3.17. The number of hydrogen-bond donors (Lipinski definition) is 1. The van der Waals surface area contributed by atoms with E-state index < -0.39 is 0 Å². The molecule has 1 N–H and O–H groups in total. The van der Waals surface area contributed by atoms with Gasteiger partial charge in [0, 0.05) is 6.54 Å². The zero-order valence-corrected chi connectivity index (χ0v) is 11.5. The van der Waals surface area contributed by atoms with Gasteiger partial charge in [0.15, 0.2) is 0 Å². The Hall–Kier alpha value is -0.260. The normalized spacial score (nSPS) is 20.6. The molecule has 0 aromatic heterocycles. The maximum Gasteiger partial charge on any atom is 0.233 e. The van der Waals surface area contributed by atoms with Crippen molar-refractivity contribution in [1.82, 2.24) is 4.90 Å². The first-order valence-corrected chi connectivity index (χ1v) is 7.39. The van der Waals surface area contributed by atoms with Gasteiger partial charge >= 0.3 is 0 Å². The zero-order chi connectivity index (χ0) is 12.7. The molecule has 1 aliphatic rings. The van der Waals surface area contributed by atoms with Gasteiger partial charge in [-0.05, 0) is 5.92 Å². The minimum absolute atomic E-state index is 0.0403. The molecule has 0 radical (unpaired) electrons. The van der Waals surface area contributed by atoms with Crippen molar-refractivity contribution >= 4 is 17.7 Å². The molecule has 4 nitrogen and oxygen atoms in total. The van der Waals surface area contributed by atoms with Crippen molar-refractivity contribution in [2.24, 2.45) is 5.92 Å². The Balaban J connectivity index is 2.44. The van der Waals surface area contributed by atoms with Crippen LogP contribution in [0.2, 0.25) is 0 Å². The monoisotopic (exact) mass is 261 g/mol. The lowest BCUT2D eigenvalue weighted by atomic mass is 10.0. The minimum atomic E-state index is 0.0403. The summed E-state index contributed by atoms with van der Waals surface area (Å²) < 4.78 is 5.24. The summed E-state index contributed by atoms with van der Waals surface area (Å²) in [6.45, 7) is 5.91. The fraction of sp³-hybridized carbons (Fsp3) is 0.917. The molecule has 0 aromatic carbocycles. The number of ether oxygens (including phenoxy) is 1. The van der Waals surface area contributed by atoms with E-state index in [1.165, 1.54) is 0 Å². The van der Waals surface area contributed by atoms with Crippen LogP contribution in [-0.4, -0.2) is 53.4 Å². The lowest BCUT2D eigenvalue weighted by Gasteiger charge is -2.29. The second-order valence-electron chi connectivity index (χ2n) is 4.20. The SMILES string of the molecule is CCC(CC)C1SCC(=O)N1CCOCCO. The summed E-state index contributed by atoms with van der Waals surface area (Å²) in [5.41, 5.74) is 0. The van der Waals surface area contributed by atoms with E-state index in [4.69, 9.17) is 9.84 Å². The van der Waals surface area contributed by atoms with Crippen LogP contribution in [0.1, 0.15) is 26.7 Å². The molecule has 1 rings (SSSR count). The van der Waals surface area contributed by atoms with Crippen molar-refractivity contribution in [3.05, 3.63) is 0 Å². The molecule has 1 aliphatic heterocycles. The standard InChI is InChI=1S/C12H23NO3S/c1-3-10(4-2)12-13(11(15)9-17-12)5-7-16-8-6-14/h10,12,14H,3-9H2,1-2H3. The summed E-state index contributed by atoms with van der Waals surface area (Å²) in [6.07, 6.45) is 2.21. The van der Waals surface area contributed by atoms with Gasteiger partial charge in [-0.25, -0.2) is 0 Å². The number of rotatable bonds is 8. The molecule has 1 fully saturated rings. The van der Waals surface area contributed by atoms with Gasteiger partial charge in [-0.2, -0.15) is 0 Å². The Morgan fingerprint density at radius 2 is 2.18 bits per heavy atom. The van der Waals surface area contributed by atoms with Crippen molar-refractivity contribution in [1.29, 1.82) is 0 Å². The first kappa shape index (κ1) is 14.8. The average Bonchev–Trinajstić information content (AvgIpc) is 2.69. The fourth-order valence-electron chi connectivity index (χ4n) is 2.14. The van der Waals surface area contributed by atoms with Gasteiger partial charge < -0.3 is 14.7 Å². The van der Waals surface area contributed by atoms with Crippen molar-refractivity contribution in [2.45, 2.75) is 32.1 Å². The first-order chi connectivity index (χ1) is 8.24. The van der Waals surface area contributed by atoms with E-state index in [2.05, 4.69) is 13.8 Å². The second-order valence-corrected chi connectivity index (χ2v) is 5.31. The van der Waals surface area contributed by atoms with E-state index in [1.807, 2.05) is 4.90 Å². The third-order valence-corrected chi connectivity index (χ3v) is 4.56. The quantitative estimate of drug-likeness (QED) is 0.670. The predicted molar refractivity (Wildman–Crippen MR) is 69.9 cm³/mol. The van der Waals surface area contributed by atoms with Gasteiger partial charge in [-0.1, -0.05) is 26.7 Å². The Morgan fingerprint density at radius 3 is 2.76 bits per heavy atom. The Morgan fingerprint density at radius 1 is 1.47 bits per heavy atom. The van der Waals surface area contributed by atoms with E-state index in [0.29, 0.717) is 36.8 Å². The topological polar surface area (TPSA) is 49.8 Å². The first-order valence-electron chi connectivity index (χ1n) is 6.34. The molecule has 0 spiro atoms. The highest BCUT2D eigenvalue weighted by Crippen LogP contribution is 2.33. The molecular weight excluding hydrogens is 238 g/mol. The summed E-state index contributed by atoms with van der Waals surface area (Å²) in [7, 11) is 0. The number of amides is 1. The van der Waals surface area contributed by atoms with E-state index in [-0.39, 0.29) is 12.5 Å². The molecule has 0 aromatic rings. The van der Waals surface area contributed by atoms with Gasteiger partial charge in [0.05, 0.1) is 30.9 Å². The highest BCUT2D eigenvalue weighted by molar-refractivity contribution is 8.01. The molecule has 100 valence electrons. The second kappa shape index (κ2) is 7.95. The highest BCUT2D eigenvalue weighted by Gasteiger charge is 2.35. The molecule has 0 bridgehead atoms. The fourth-order valence-corrected chi connectivity index (χ4v) is 3.67.